The number of hydrogen-bond donors (Lipinski definition) is 2. The Morgan fingerprint density at radius 3 is 2.74 bits per heavy atom. The fraction of sp³-hybridized carbons (Fsp3) is 0.250. The van der Waals surface area contributed by atoms with Gasteiger partial charge >= 0.3 is 0 Å². The number of quaternary nitrogens is 1. The highest BCUT2D eigenvalue weighted by Gasteiger charge is 2.33. The van der Waals surface area contributed by atoms with Crippen molar-refractivity contribution in [1.29, 1.82) is 0 Å². The first-order valence-electron chi connectivity index (χ1n) is 8.90. The smallest absolute Gasteiger partial charge is 0.270 e. The molecule has 0 bridgehead atoms. The SMILES string of the molecule is O=C1/C(=C\c2cccc([N+](=O)[O-])c2)Oc2c1ccc(O)c2C[NH+]1CCCC1. The van der Waals surface area contributed by atoms with Crippen molar-refractivity contribution in [2.24, 2.45) is 0 Å². The van der Waals surface area contributed by atoms with Crippen LogP contribution in [0, 0.1) is 10.1 Å². The van der Waals surface area contributed by atoms with Crippen LogP contribution >= 0.6 is 0 Å². The number of Topliss-reactive ketones (excluding diaryl/α,β-unsaturated/α-hetero) is 1. The van der Waals surface area contributed by atoms with Gasteiger partial charge in [0, 0.05) is 25.0 Å². The summed E-state index contributed by atoms with van der Waals surface area (Å²) in [4.78, 5) is 24.5. The van der Waals surface area contributed by atoms with Crippen LogP contribution in [0.4, 0.5) is 5.69 Å². The molecule has 7 nitrogen and oxygen atoms in total. The highest BCUT2D eigenvalue weighted by Crippen LogP contribution is 2.39. The number of nitrogens with zero attached hydrogens (tertiary/aromatic N) is 1. The number of nitrogens with one attached hydrogen (secondary N) is 1. The molecular formula is C20H19N2O5+. The highest BCUT2D eigenvalue weighted by atomic mass is 16.6. The summed E-state index contributed by atoms with van der Waals surface area (Å²) >= 11 is 0. The molecule has 1 fully saturated rings. The first-order chi connectivity index (χ1) is 13.0. The molecule has 1 saturated heterocycles. The second kappa shape index (κ2) is 6.85. The van der Waals surface area contributed by atoms with E-state index in [0.717, 1.165) is 25.9 Å². The van der Waals surface area contributed by atoms with Crippen LogP contribution in [-0.2, 0) is 6.54 Å². The fourth-order valence-electron chi connectivity index (χ4n) is 3.65. The topological polar surface area (TPSA) is 94.1 Å². The Morgan fingerprint density at radius 2 is 2.00 bits per heavy atom. The number of aromatic hydroxyl groups is 1. The molecule has 0 saturated carbocycles. The molecule has 0 aromatic heterocycles. The Bertz CT molecular complexity index is 961. The summed E-state index contributed by atoms with van der Waals surface area (Å²) < 4.78 is 5.81. The van der Waals surface area contributed by atoms with E-state index in [2.05, 4.69) is 0 Å². The molecule has 27 heavy (non-hydrogen) atoms. The van der Waals surface area contributed by atoms with Gasteiger partial charge in [-0.2, -0.15) is 0 Å². The van der Waals surface area contributed by atoms with Gasteiger partial charge in [-0.25, -0.2) is 0 Å². The standard InChI is InChI=1S/C20H18N2O5/c23-17-7-6-15-19(24)18(11-13-4-3-5-14(10-13)22(25)26)27-20(15)16(17)12-21-8-1-2-9-21/h3-7,10-11,23H,1-2,8-9,12H2/p+1/b18-11+. The van der Waals surface area contributed by atoms with Crippen LogP contribution in [0.15, 0.2) is 42.2 Å². The molecule has 4 rings (SSSR count). The molecule has 0 atom stereocenters. The van der Waals surface area contributed by atoms with Crippen molar-refractivity contribution in [1.82, 2.24) is 0 Å². The normalized spacial score (nSPS) is 17.9. The van der Waals surface area contributed by atoms with Crippen molar-refractivity contribution in [2.75, 3.05) is 13.1 Å². The minimum atomic E-state index is -0.483. The van der Waals surface area contributed by atoms with Crippen LogP contribution in [0.1, 0.15) is 34.3 Å². The van der Waals surface area contributed by atoms with E-state index in [0.29, 0.717) is 29.0 Å². The van der Waals surface area contributed by atoms with Crippen molar-refractivity contribution in [3.63, 3.8) is 0 Å². The van der Waals surface area contributed by atoms with Gasteiger partial charge in [0.25, 0.3) is 5.69 Å². The number of rotatable bonds is 4. The second-order valence-electron chi connectivity index (χ2n) is 6.87. The van der Waals surface area contributed by atoms with Gasteiger partial charge in [0.1, 0.15) is 12.3 Å². The van der Waals surface area contributed by atoms with Crippen molar-refractivity contribution < 1.29 is 24.5 Å². The Kier molecular flexibility index (Phi) is 4.37. The predicted octanol–water partition coefficient (Wildman–Crippen LogP) is 2.10. The van der Waals surface area contributed by atoms with Gasteiger partial charge in [-0.3, -0.25) is 14.9 Å². The van der Waals surface area contributed by atoms with E-state index in [1.807, 2.05) is 0 Å². The lowest BCUT2D eigenvalue weighted by molar-refractivity contribution is -0.901. The van der Waals surface area contributed by atoms with Gasteiger partial charge in [-0.1, -0.05) is 12.1 Å². The fourth-order valence-corrected chi connectivity index (χ4v) is 3.65. The molecule has 2 aromatic rings. The zero-order valence-corrected chi connectivity index (χ0v) is 14.6. The van der Waals surface area contributed by atoms with Gasteiger partial charge in [-0.05, 0) is 23.8 Å². The van der Waals surface area contributed by atoms with Gasteiger partial charge in [0.15, 0.2) is 11.5 Å². The average Bonchev–Trinajstić information content (AvgIpc) is 3.27. The van der Waals surface area contributed by atoms with Crippen molar-refractivity contribution in [3.8, 4) is 11.5 Å². The number of carbonyl (C=O) groups excluding carboxylic acids is 1. The first kappa shape index (κ1) is 17.2. The monoisotopic (exact) mass is 367 g/mol. The molecule has 0 aliphatic carbocycles. The van der Waals surface area contributed by atoms with Gasteiger partial charge in [0.05, 0.1) is 29.1 Å². The summed E-state index contributed by atoms with van der Waals surface area (Å²) in [5.41, 5.74) is 1.51. The van der Waals surface area contributed by atoms with Crippen LogP contribution in [0.5, 0.6) is 11.5 Å². The second-order valence-corrected chi connectivity index (χ2v) is 6.87. The number of ketones is 1. The average molecular weight is 367 g/mol. The number of phenolic OH excluding ortho intramolecular Hbond substituents is 1. The number of carbonyl (C=O) groups is 1. The summed E-state index contributed by atoms with van der Waals surface area (Å²) in [6.45, 7) is 2.67. The Labute approximate surface area is 155 Å². The maximum absolute atomic E-state index is 12.7. The van der Waals surface area contributed by atoms with E-state index in [1.165, 1.54) is 29.2 Å². The van der Waals surface area contributed by atoms with Crippen LogP contribution in [0.2, 0.25) is 0 Å². The van der Waals surface area contributed by atoms with Crippen molar-refractivity contribution in [2.45, 2.75) is 19.4 Å². The molecular weight excluding hydrogens is 348 g/mol. The summed E-state index contributed by atoms with van der Waals surface area (Å²) in [7, 11) is 0. The number of nitro benzene ring substituents is 1. The lowest BCUT2D eigenvalue weighted by Crippen LogP contribution is -3.08. The largest absolute Gasteiger partial charge is 0.507 e. The zero-order valence-electron chi connectivity index (χ0n) is 14.6. The zero-order chi connectivity index (χ0) is 19.0. The maximum atomic E-state index is 12.7. The molecule has 0 unspecified atom stereocenters. The molecule has 0 radical (unpaired) electrons. The van der Waals surface area contributed by atoms with E-state index in [-0.39, 0.29) is 23.0 Å². The lowest BCUT2D eigenvalue weighted by Gasteiger charge is -2.15. The molecule has 0 amide bonds. The van der Waals surface area contributed by atoms with Crippen molar-refractivity contribution in [3.05, 3.63) is 69.0 Å². The summed E-state index contributed by atoms with van der Waals surface area (Å²) in [6, 6.07) is 9.10. The minimum Gasteiger partial charge on any atom is -0.507 e. The lowest BCUT2D eigenvalue weighted by atomic mass is 10.0. The Morgan fingerprint density at radius 1 is 1.22 bits per heavy atom. The first-order valence-corrected chi connectivity index (χ1v) is 8.90. The van der Waals surface area contributed by atoms with Crippen LogP contribution in [0.25, 0.3) is 6.08 Å². The Hall–Kier alpha value is -3.19. The van der Waals surface area contributed by atoms with E-state index >= 15 is 0 Å². The summed E-state index contributed by atoms with van der Waals surface area (Å²) in [5, 5.41) is 21.2. The van der Waals surface area contributed by atoms with Crippen LogP contribution < -0.4 is 9.64 Å². The van der Waals surface area contributed by atoms with E-state index in [1.54, 1.807) is 18.2 Å². The highest BCUT2D eigenvalue weighted by molar-refractivity contribution is 6.15. The number of hydrogen-bond acceptors (Lipinski definition) is 5. The minimum absolute atomic E-state index is 0.0525. The number of nitro groups is 1. The summed E-state index contributed by atoms with van der Waals surface area (Å²) in [5.74, 6) is 0.344. The molecule has 2 aliphatic rings. The van der Waals surface area contributed by atoms with E-state index in [9.17, 15) is 20.0 Å². The quantitative estimate of drug-likeness (QED) is 0.490. The third kappa shape index (κ3) is 3.29. The van der Waals surface area contributed by atoms with E-state index < -0.39 is 4.92 Å². The molecule has 138 valence electrons. The third-order valence-corrected chi connectivity index (χ3v) is 5.03. The number of fused-ring (bicyclic) bond motifs is 1. The third-order valence-electron chi connectivity index (χ3n) is 5.03. The molecule has 2 aliphatic heterocycles. The number of phenols is 1. The molecule has 2 N–H and O–H groups in total. The Balaban J connectivity index is 1.67. The van der Waals surface area contributed by atoms with Crippen LogP contribution in [-0.4, -0.2) is 28.9 Å². The molecule has 2 aromatic carbocycles. The number of ether oxygens (including phenoxy) is 1. The van der Waals surface area contributed by atoms with Gasteiger partial charge in [0.2, 0.25) is 5.78 Å². The van der Waals surface area contributed by atoms with Gasteiger partial charge < -0.3 is 14.7 Å². The molecule has 2 heterocycles. The summed E-state index contributed by atoms with van der Waals surface area (Å²) in [6.07, 6.45) is 3.81. The van der Waals surface area contributed by atoms with Gasteiger partial charge in [-0.15, -0.1) is 0 Å². The maximum Gasteiger partial charge on any atom is 0.270 e. The van der Waals surface area contributed by atoms with Crippen molar-refractivity contribution >= 4 is 17.5 Å². The molecule has 0 spiro atoms. The number of benzene rings is 2. The number of allylic oxidation sites excluding steroid dienone is 1. The number of non-ortho nitro benzene ring substituents is 1. The number of likely N-dealkylation sites (tertiary alicyclic amines) is 1. The molecule has 7 heteroatoms. The van der Waals surface area contributed by atoms with E-state index in [4.69, 9.17) is 4.74 Å². The predicted molar refractivity (Wildman–Crippen MR) is 97.8 cm³/mol. The van der Waals surface area contributed by atoms with Crippen LogP contribution in [0.3, 0.4) is 0 Å².